The van der Waals surface area contributed by atoms with E-state index >= 15 is 0 Å². The Labute approximate surface area is 153 Å². The van der Waals surface area contributed by atoms with E-state index in [0.29, 0.717) is 18.8 Å². The van der Waals surface area contributed by atoms with Gasteiger partial charge in [-0.25, -0.2) is 4.98 Å². The van der Waals surface area contributed by atoms with Gasteiger partial charge in [0.05, 0.1) is 24.2 Å². The van der Waals surface area contributed by atoms with E-state index in [9.17, 15) is 9.59 Å². The van der Waals surface area contributed by atoms with Crippen LogP contribution in [-0.2, 0) is 16.1 Å². The highest BCUT2D eigenvalue weighted by Crippen LogP contribution is 2.10. The quantitative estimate of drug-likeness (QED) is 0.746. The number of aryl methyl sites for hydroxylation is 2. The molecule has 0 bridgehead atoms. The summed E-state index contributed by atoms with van der Waals surface area (Å²) in [6.07, 6.45) is 1.20. The summed E-state index contributed by atoms with van der Waals surface area (Å²) in [6.45, 7) is 7.20. The number of rotatable bonds is 7. The van der Waals surface area contributed by atoms with Gasteiger partial charge in [-0.3, -0.25) is 14.5 Å². The van der Waals surface area contributed by atoms with Gasteiger partial charge < -0.3 is 14.6 Å². The Morgan fingerprint density at radius 1 is 1.23 bits per heavy atom. The zero-order valence-electron chi connectivity index (χ0n) is 15.2. The molecule has 1 N–H and O–H groups in total. The first-order valence-electron chi connectivity index (χ1n) is 9.18. The summed E-state index contributed by atoms with van der Waals surface area (Å²) in [7, 11) is 0. The lowest BCUT2D eigenvalue weighted by atomic mass is 10.2. The first kappa shape index (κ1) is 18.5. The van der Waals surface area contributed by atoms with Gasteiger partial charge in [0.25, 0.3) is 5.56 Å². The topological polar surface area (TPSA) is 76.5 Å². The van der Waals surface area contributed by atoms with Crippen molar-refractivity contribution in [2.75, 3.05) is 39.4 Å². The molecule has 1 fully saturated rings. The van der Waals surface area contributed by atoms with E-state index in [2.05, 4.69) is 15.2 Å². The Morgan fingerprint density at radius 3 is 2.81 bits per heavy atom. The molecule has 0 atom stereocenters. The minimum atomic E-state index is -0.135. The largest absolute Gasteiger partial charge is 0.379 e. The SMILES string of the molecule is Cc1nc2ccccc2n(CCC(=O)NCCCN2CCOCC2)c1=O. The average molecular weight is 358 g/mol. The van der Waals surface area contributed by atoms with Crippen molar-refractivity contribution in [2.24, 2.45) is 0 Å². The van der Waals surface area contributed by atoms with Crippen LogP contribution in [0.5, 0.6) is 0 Å². The van der Waals surface area contributed by atoms with Crippen LogP contribution in [0.15, 0.2) is 29.1 Å². The van der Waals surface area contributed by atoms with Gasteiger partial charge in [-0.15, -0.1) is 0 Å². The Morgan fingerprint density at radius 2 is 2.00 bits per heavy atom. The number of nitrogens with zero attached hydrogens (tertiary/aromatic N) is 3. The number of hydrogen-bond acceptors (Lipinski definition) is 5. The van der Waals surface area contributed by atoms with E-state index in [1.165, 1.54) is 0 Å². The molecule has 26 heavy (non-hydrogen) atoms. The van der Waals surface area contributed by atoms with E-state index < -0.39 is 0 Å². The molecule has 2 heterocycles. The second kappa shape index (κ2) is 8.91. The molecule has 3 rings (SSSR count). The Hall–Kier alpha value is -2.25. The second-order valence-corrected chi connectivity index (χ2v) is 6.55. The molecule has 2 aromatic rings. The molecule has 1 aromatic heterocycles. The van der Waals surface area contributed by atoms with E-state index in [0.717, 1.165) is 50.3 Å². The van der Waals surface area contributed by atoms with Gasteiger partial charge in [-0.1, -0.05) is 12.1 Å². The summed E-state index contributed by atoms with van der Waals surface area (Å²) in [5.41, 5.74) is 1.86. The van der Waals surface area contributed by atoms with Gasteiger partial charge in [0, 0.05) is 32.6 Å². The molecule has 0 spiro atoms. The fourth-order valence-corrected chi connectivity index (χ4v) is 3.20. The van der Waals surface area contributed by atoms with Crippen molar-refractivity contribution < 1.29 is 9.53 Å². The highest BCUT2D eigenvalue weighted by Gasteiger charge is 2.11. The van der Waals surface area contributed by atoms with Crippen LogP contribution in [0.2, 0.25) is 0 Å². The number of morpholine rings is 1. The lowest BCUT2D eigenvalue weighted by molar-refractivity contribution is -0.121. The van der Waals surface area contributed by atoms with Crippen LogP contribution in [0.1, 0.15) is 18.5 Å². The molecule has 0 unspecified atom stereocenters. The predicted molar refractivity (Wildman–Crippen MR) is 100 cm³/mol. The van der Waals surface area contributed by atoms with Crippen LogP contribution >= 0.6 is 0 Å². The minimum absolute atomic E-state index is 0.0302. The van der Waals surface area contributed by atoms with Crippen molar-refractivity contribution >= 4 is 16.9 Å². The van der Waals surface area contributed by atoms with Crippen molar-refractivity contribution in [2.45, 2.75) is 26.3 Å². The number of amides is 1. The van der Waals surface area contributed by atoms with Gasteiger partial charge in [-0.05, 0) is 32.0 Å². The number of nitrogens with one attached hydrogen (secondary N) is 1. The van der Waals surface area contributed by atoms with Crippen LogP contribution < -0.4 is 10.9 Å². The maximum atomic E-state index is 12.4. The summed E-state index contributed by atoms with van der Waals surface area (Å²) in [5, 5.41) is 2.95. The normalized spacial score (nSPS) is 15.3. The Kier molecular flexibility index (Phi) is 6.35. The fraction of sp³-hybridized carbons (Fsp3) is 0.526. The number of fused-ring (bicyclic) bond motifs is 1. The number of para-hydroxylation sites is 2. The van der Waals surface area contributed by atoms with Gasteiger partial charge in [0.2, 0.25) is 5.91 Å². The summed E-state index contributed by atoms with van der Waals surface area (Å²) in [4.78, 5) is 31.2. The molecular formula is C19H26N4O3. The lowest BCUT2D eigenvalue weighted by Crippen LogP contribution is -2.38. The van der Waals surface area contributed by atoms with Crippen molar-refractivity contribution in [3.8, 4) is 0 Å². The number of ether oxygens (including phenoxy) is 1. The number of carbonyl (C=O) groups excluding carboxylic acids is 1. The highest BCUT2D eigenvalue weighted by atomic mass is 16.5. The predicted octanol–water partition coefficient (Wildman–Crippen LogP) is 0.934. The third kappa shape index (κ3) is 4.68. The number of hydrogen-bond donors (Lipinski definition) is 1. The van der Waals surface area contributed by atoms with Crippen molar-refractivity contribution in [3.05, 3.63) is 40.3 Å². The first-order valence-corrected chi connectivity index (χ1v) is 9.18. The monoisotopic (exact) mass is 358 g/mol. The molecule has 1 saturated heterocycles. The molecule has 1 aliphatic rings. The molecule has 1 aromatic carbocycles. The minimum Gasteiger partial charge on any atom is -0.379 e. The van der Waals surface area contributed by atoms with Crippen molar-refractivity contribution in [1.82, 2.24) is 19.8 Å². The van der Waals surface area contributed by atoms with Crippen LogP contribution in [-0.4, -0.2) is 59.8 Å². The molecule has 0 radical (unpaired) electrons. The molecule has 0 aliphatic carbocycles. The summed E-state index contributed by atoms with van der Waals surface area (Å²) in [5.74, 6) is -0.0302. The molecule has 1 amide bonds. The summed E-state index contributed by atoms with van der Waals surface area (Å²) < 4.78 is 6.97. The first-order chi connectivity index (χ1) is 12.6. The van der Waals surface area contributed by atoms with Gasteiger partial charge in [-0.2, -0.15) is 0 Å². The van der Waals surface area contributed by atoms with Crippen LogP contribution in [0.25, 0.3) is 11.0 Å². The van der Waals surface area contributed by atoms with E-state index in [1.807, 2.05) is 24.3 Å². The van der Waals surface area contributed by atoms with E-state index in [-0.39, 0.29) is 17.9 Å². The highest BCUT2D eigenvalue weighted by molar-refractivity contribution is 5.77. The van der Waals surface area contributed by atoms with Crippen LogP contribution in [0, 0.1) is 6.92 Å². The average Bonchev–Trinajstić information content (AvgIpc) is 2.66. The second-order valence-electron chi connectivity index (χ2n) is 6.55. The molecule has 7 nitrogen and oxygen atoms in total. The molecular weight excluding hydrogens is 332 g/mol. The standard InChI is InChI=1S/C19H26N4O3/c1-15-19(25)23(17-6-3-2-5-16(17)21-15)10-7-18(24)20-8-4-9-22-11-13-26-14-12-22/h2-3,5-6H,4,7-14H2,1H3,(H,20,24). The third-order valence-corrected chi connectivity index (χ3v) is 4.65. The molecule has 1 aliphatic heterocycles. The maximum absolute atomic E-state index is 12.4. The summed E-state index contributed by atoms with van der Waals surface area (Å²) >= 11 is 0. The number of carbonyl (C=O) groups is 1. The third-order valence-electron chi connectivity index (χ3n) is 4.65. The Bertz CT molecular complexity index is 812. The molecule has 140 valence electrons. The fourth-order valence-electron chi connectivity index (χ4n) is 3.20. The zero-order chi connectivity index (χ0) is 18.4. The van der Waals surface area contributed by atoms with E-state index in [1.54, 1.807) is 11.5 Å². The molecule has 7 heteroatoms. The number of aromatic nitrogens is 2. The van der Waals surface area contributed by atoms with Gasteiger partial charge in [0.1, 0.15) is 5.69 Å². The number of benzene rings is 1. The smallest absolute Gasteiger partial charge is 0.272 e. The van der Waals surface area contributed by atoms with Crippen molar-refractivity contribution in [3.63, 3.8) is 0 Å². The Balaban J connectivity index is 1.49. The summed E-state index contributed by atoms with van der Waals surface area (Å²) in [6, 6.07) is 7.51. The lowest BCUT2D eigenvalue weighted by Gasteiger charge is -2.26. The maximum Gasteiger partial charge on any atom is 0.272 e. The van der Waals surface area contributed by atoms with Gasteiger partial charge in [0.15, 0.2) is 0 Å². The van der Waals surface area contributed by atoms with Crippen molar-refractivity contribution in [1.29, 1.82) is 0 Å². The molecule has 0 saturated carbocycles. The van der Waals surface area contributed by atoms with Crippen LogP contribution in [0.4, 0.5) is 0 Å². The van der Waals surface area contributed by atoms with Gasteiger partial charge >= 0.3 is 0 Å². The zero-order valence-corrected chi connectivity index (χ0v) is 15.2. The van der Waals surface area contributed by atoms with E-state index in [4.69, 9.17) is 4.74 Å². The van der Waals surface area contributed by atoms with Crippen LogP contribution in [0.3, 0.4) is 0 Å².